The summed E-state index contributed by atoms with van der Waals surface area (Å²) >= 11 is 3.62. The molecule has 3 nitrogen and oxygen atoms in total. The summed E-state index contributed by atoms with van der Waals surface area (Å²) in [5, 5.41) is 9.05. The van der Waals surface area contributed by atoms with Gasteiger partial charge in [0.2, 0.25) is 0 Å². The van der Waals surface area contributed by atoms with Crippen LogP contribution in [0.4, 0.5) is 0 Å². The Morgan fingerprint density at radius 1 is 1.59 bits per heavy atom. The molecule has 0 radical (unpaired) electrons. The molecule has 1 aromatic rings. The van der Waals surface area contributed by atoms with Crippen LogP contribution in [0, 0.1) is 0 Å². The largest absolute Gasteiger partial charge is 0.394 e. The average Bonchev–Trinajstić information content (AvgIpc) is 2.74. The molecular weight excluding hydrogens is 280 g/mol. The molecule has 2 rings (SSSR count). The minimum absolute atomic E-state index is 0.0159. The summed E-state index contributed by atoms with van der Waals surface area (Å²) in [6.45, 7) is 2.26. The molecule has 0 aliphatic carbocycles. The van der Waals surface area contributed by atoms with Gasteiger partial charge in [-0.2, -0.15) is 0 Å². The minimum Gasteiger partial charge on any atom is -0.394 e. The molecule has 1 heterocycles. The molecule has 1 saturated heterocycles. The summed E-state index contributed by atoms with van der Waals surface area (Å²) in [6.07, 6.45) is 1.21. The van der Waals surface area contributed by atoms with E-state index in [1.807, 2.05) is 12.1 Å². The molecule has 1 aliphatic heterocycles. The Labute approximate surface area is 111 Å². The Morgan fingerprint density at radius 3 is 2.88 bits per heavy atom. The summed E-state index contributed by atoms with van der Waals surface area (Å²) in [7, 11) is 2.16. The lowest BCUT2D eigenvalue weighted by Gasteiger charge is -2.15. The maximum absolute atomic E-state index is 9.05. The molecule has 2 atom stereocenters. The molecule has 2 unspecified atom stereocenters. The SMILES string of the molecule is CN1CCC(c2ccc(C(N)CO)cc2Br)C1. The number of hydrogen-bond donors (Lipinski definition) is 2. The number of aliphatic hydroxyl groups excluding tert-OH is 1. The van der Waals surface area contributed by atoms with Crippen LogP contribution in [0.3, 0.4) is 0 Å². The first-order valence-electron chi connectivity index (χ1n) is 5.96. The Kier molecular flexibility index (Phi) is 4.20. The summed E-state index contributed by atoms with van der Waals surface area (Å²) < 4.78 is 1.11. The van der Waals surface area contributed by atoms with Crippen LogP contribution in [0.2, 0.25) is 0 Å². The lowest BCUT2D eigenvalue weighted by molar-refractivity contribution is 0.268. The van der Waals surface area contributed by atoms with Crippen molar-refractivity contribution in [1.82, 2.24) is 4.90 Å². The Hall–Kier alpha value is -0.420. The number of likely N-dealkylation sites (N-methyl/N-ethyl adjacent to an activating group) is 1. The number of halogens is 1. The number of benzene rings is 1. The maximum Gasteiger partial charge on any atom is 0.0624 e. The second-order valence-corrected chi connectivity index (χ2v) is 5.67. The zero-order valence-corrected chi connectivity index (χ0v) is 11.7. The van der Waals surface area contributed by atoms with Crippen molar-refractivity contribution in [2.24, 2.45) is 5.73 Å². The molecule has 0 amide bonds. The summed E-state index contributed by atoms with van der Waals surface area (Å²) in [6, 6.07) is 5.92. The van der Waals surface area contributed by atoms with E-state index in [0.717, 1.165) is 23.1 Å². The molecule has 0 spiro atoms. The van der Waals surface area contributed by atoms with Crippen LogP contribution >= 0.6 is 15.9 Å². The van der Waals surface area contributed by atoms with Crippen LogP contribution in [0.5, 0.6) is 0 Å². The van der Waals surface area contributed by atoms with Gasteiger partial charge in [0.05, 0.1) is 12.6 Å². The van der Waals surface area contributed by atoms with Gasteiger partial charge in [-0.3, -0.25) is 0 Å². The van der Waals surface area contributed by atoms with Gasteiger partial charge in [-0.15, -0.1) is 0 Å². The number of likely N-dealkylation sites (tertiary alicyclic amines) is 1. The van der Waals surface area contributed by atoms with E-state index in [2.05, 4.69) is 33.9 Å². The molecule has 94 valence electrons. The van der Waals surface area contributed by atoms with Gasteiger partial charge in [-0.25, -0.2) is 0 Å². The number of aliphatic hydroxyl groups is 1. The smallest absolute Gasteiger partial charge is 0.0624 e. The predicted molar refractivity (Wildman–Crippen MR) is 73.0 cm³/mol. The third-order valence-corrected chi connectivity index (χ3v) is 4.17. The topological polar surface area (TPSA) is 49.5 Å². The molecule has 1 aliphatic rings. The number of rotatable bonds is 3. The van der Waals surface area contributed by atoms with E-state index >= 15 is 0 Å². The Bertz CT molecular complexity index is 397. The monoisotopic (exact) mass is 298 g/mol. The van der Waals surface area contributed by atoms with Crippen molar-refractivity contribution in [3.8, 4) is 0 Å². The van der Waals surface area contributed by atoms with Crippen molar-refractivity contribution in [3.63, 3.8) is 0 Å². The highest BCUT2D eigenvalue weighted by Gasteiger charge is 2.23. The first kappa shape index (κ1) is 13.0. The van der Waals surface area contributed by atoms with Gasteiger partial charge in [0, 0.05) is 11.0 Å². The third kappa shape index (κ3) is 2.88. The van der Waals surface area contributed by atoms with Crippen LogP contribution in [0.25, 0.3) is 0 Å². The van der Waals surface area contributed by atoms with Crippen LogP contribution in [-0.4, -0.2) is 36.8 Å². The van der Waals surface area contributed by atoms with Gasteiger partial charge >= 0.3 is 0 Å². The summed E-state index contributed by atoms with van der Waals surface area (Å²) in [4.78, 5) is 2.35. The van der Waals surface area contributed by atoms with E-state index in [9.17, 15) is 0 Å². The van der Waals surface area contributed by atoms with E-state index in [1.165, 1.54) is 12.0 Å². The van der Waals surface area contributed by atoms with E-state index in [4.69, 9.17) is 10.8 Å². The zero-order valence-electron chi connectivity index (χ0n) is 10.1. The molecule has 0 saturated carbocycles. The van der Waals surface area contributed by atoms with Crippen molar-refractivity contribution >= 4 is 15.9 Å². The molecule has 1 aromatic carbocycles. The van der Waals surface area contributed by atoms with Crippen molar-refractivity contribution in [2.45, 2.75) is 18.4 Å². The van der Waals surface area contributed by atoms with Gasteiger partial charge < -0.3 is 15.7 Å². The second kappa shape index (κ2) is 5.48. The van der Waals surface area contributed by atoms with Crippen LogP contribution in [0.15, 0.2) is 22.7 Å². The zero-order chi connectivity index (χ0) is 12.4. The number of nitrogens with two attached hydrogens (primary N) is 1. The quantitative estimate of drug-likeness (QED) is 0.895. The van der Waals surface area contributed by atoms with Crippen LogP contribution in [0.1, 0.15) is 29.5 Å². The van der Waals surface area contributed by atoms with Gasteiger partial charge in [0.25, 0.3) is 0 Å². The fraction of sp³-hybridized carbons (Fsp3) is 0.538. The first-order chi connectivity index (χ1) is 8.11. The Morgan fingerprint density at radius 2 is 2.35 bits per heavy atom. The molecule has 3 N–H and O–H groups in total. The number of nitrogens with zero attached hydrogens (tertiary/aromatic N) is 1. The van der Waals surface area contributed by atoms with E-state index in [0.29, 0.717) is 5.92 Å². The molecule has 0 bridgehead atoms. The van der Waals surface area contributed by atoms with Crippen molar-refractivity contribution in [3.05, 3.63) is 33.8 Å². The molecule has 1 fully saturated rings. The normalized spacial score (nSPS) is 22.9. The van der Waals surface area contributed by atoms with E-state index in [1.54, 1.807) is 0 Å². The molecule has 17 heavy (non-hydrogen) atoms. The average molecular weight is 299 g/mol. The van der Waals surface area contributed by atoms with Crippen molar-refractivity contribution in [1.29, 1.82) is 0 Å². The first-order valence-corrected chi connectivity index (χ1v) is 6.75. The fourth-order valence-corrected chi connectivity index (χ4v) is 3.12. The van der Waals surface area contributed by atoms with Gasteiger partial charge in [0.15, 0.2) is 0 Å². The lowest BCUT2D eigenvalue weighted by atomic mass is 9.96. The third-order valence-electron chi connectivity index (χ3n) is 3.48. The Balaban J connectivity index is 2.20. The van der Waals surface area contributed by atoms with Crippen molar-refractivity contribution < 1.29 is 5.11 Å². The molecular formula is C13H19BrN2O. The van der Waals surface area contributed by atoms with Crippen LogP contribution in [-0.2, 0) is 0 Å². The predicted octanol–water partition coefficient (Wildman–Crippen LogP) is 1.86. The fourth-order valence-electron chi connectivity index (χ4n) is 2.40. The highest BCUT2D eigenvalue weighted by molar-refractivity contribution is 9.10. The van der Waals surface area contributed by atoms with E-state index in [-0.39, 0.29) is 12.6 Å². The summed E-state index contributed by atoms with van der Waals surface area (Å²) in [5.74, 6) is 0.605. The summed E-state index contributed by atoms with van der Waals surface area (Å²) in [5.41, 5.74) is 8.14. The second-order valence-electron chi connectivity index (χ2n) is 4.82. The van der Waals surface area contributed by atoms with Crippen LogP contribution < -0.4 is 5.73 Å². The minimum atomic E-state index is -0.286. The lowest BCUT2D eigenvalue weighted by Crippen LogP contribution is -2.15. The maximum atomic E-state index is 9.05. The van der Waals surface area contributed by atoms with Gasteiger partial charge in [0.1, 0.15) is 0 Å². The standard InChI is InChI=1S/C13H19BrN2O/c1-16-5-4-10(7-16)11-3-2-9(6-12(11)14)13(15)8-17/h2-3,6,10,13,17H,4-5,7-8,15H2,1H3. The highest BCUT2D eigenvalue weighted by Crippen LogP contribution is 2.33. The van der Waals surface area contributed by atoms with Crippen molar-refractivity contribution in [2.75, 3.05) is 26.7 Å². The molecule has 0 aromatic heterocycles. The molecule has 4 heteroatoms. The van der Waals surface area contributed by atoms with Gasteiger partial charge in [-0.05, 0) is 43.1 Å². The highest BCUT2D eigenvalue weighted by atomic mass is 79.9. The number of hydrogen-bond acceptors (Lipinski definition) is 3. The van der Waals surface area contributed by atoms with E-state index < -0.39 is 0 Å². The van der Waals surface area contributed by atoms with Gasteiger partial charge in [-0.1, -0.05) is 28.1 Å².